The number of amides is 2. The molecule has 2 fully saturated rings. The zero-order chi connectivity index (χ0) is 19.6. The maximum Gasteiger partial charge on any atom is 0.252 e. The number of aromatic nitrogens is 2. The lowest BCUT2D eigenvalue weighted by molar-refractivity contribution is -0.145. The summed E-state index contributed by atoms with van der Waals surface area (Å²) in [4.78, 5) is 30.3. The fourth-order valence-electron chi connectivity index (χ4n) is 4.64. The first kappa shape index (κ1) is 18.7. The molecule has 2 saturated heterocycles. The summed E-state index contributed by atoms with van der Waals surface area (Å²) < 4.78 is 1.85. The monoisotopic (exact) mass is 380 g/mol. The molecule has 1 aromatic heterocycles. The lowest BCUT2D eigenvalue weighted by Crippen LogP contribution is -2.61. The number of likely N-dealkylation sites (tertiary alicyclic amines) is 1. The molecule has 0 radical (unpaired) electrons. The van der Waals surface area contributed by atoms with Crippen molar-refractivity contribution in [2.24, 2.45) is 0 Å². The second kappa shape index (κ2) is 7.78. The van der Waals surface area contributed by atoms with Crippen LogP contribution in [-0.2, 0) is 16.1 Å². The molecule has 2 aromatic rings. The van der Waals surface area contributed by atoms with Gasteiger partial charge in [0, 0.05) is 44.1 Å². The van der Waals surface area contributed by atoms with Gasteiger partial charge in [-0.2, -0.15) is 5.10 Å². The number of hydrogen-bond donors (Lipinski definition) is 0. The van der Waals surface area contributed by atoms with E-state index >= 15 is 0 Å². The molecule has 4 rings (SSSR count). The van der Waals surface area contributed by atoms with E-state index in [9.17, 15) is 9.59 Å². The Kier molecular flexibility index (Phi) is 5.20. The second-order valence-electron chi connectivity index (χ2n) is 7.95. The van der Waals surface area contributed by atoms with Crippen LogP contribution in [0.1, 0.15) is 44.1 Å². The SMILES string of the molecule is Cc1ccc(N2CCCC3(CCCN3C(=O)CCCn3cccn3)C2=O)cc1. The molecule has 28 heavy (non-hydrogen) atoms. The summed E-state index contributed by atoms with van der Waals surface area (Å²) in [5.74, 6) is 0.198. The summed E-state index contributed by atoms with van der Waals surface area (Å²) in [7, 11) is 0. The molecule has 1 unspecified atom stereocenters. The van der Waals surface area contributed by atoms with Gasteiger partial charge in [0.25, 0.3) is 5.91 Å². The Balaban J connectivity index is 1.47. The number of rotatable bonds is 5. The molecular weight excluding hydrogens is 352 g/mol. The van der Waals surface area contributed by atoms with Crippen LogP contribution < -0.4 is 4.90 Å². The predicted molar refractivity (Wildman–Crippen MR) is 108 cm³/mol. The van der Waals surface area contributed by atoms with Crippen molar-refractivity contribution in [3.05, 3.63) is 48.3 Å². The number of carbonyl (C=O) groups is 2. The predicted octanol–water partition coefficient (Wildman–Crippen LogP) is 3.16. The number of carbonyl (C=O) groups excluding carboxylic acids is 2. The van der Waals surface area contributed by atoms with Crippen molar-refractivity contribution in [3.8, 4) is 0 Å². The van der Waals surface area contributed by atoms with E-state index in [4.69, 9.17) is 0 Å². The number of aryl methyl sites for hydroxylation is 2. The topological polar surface area (TPSA) is 58.4 Å². The molecule has 1 aromatic carbocycles. The lowest BCUT2D eigenvalue weighted by Gasteiger charge is -2.44. The maximum atomic E-state index is 13.5. The average molecular weight is 380 g/mol. The summed E-state index contributed by atoms with van der Waals surface area (Å²) in [5.41, 5.74) is 1.47. The van der Waals surface area contributed by atoms with Gasteiger partial charge in [-0.25, -0.2) is 0 Å². The van der Waals surface area contributed by atoms with Gasteiger partial charge < -0.3 is 9.80 Å². The zero-order valence-electron chi connectivity index (χ0n) is 16.5. The molecule has 6 nitrogen and oxygen atoms in total. The van der Waals surface area contributed by atoms with Crippen LogP contribution in [0.25, 0.3) is 0 Å². The van der Waals surface area contributed by atoms with Crippen molar-refractivity contribution in [2.45, 2.75) is 57.5 Å². The van der Waals surface area contributed by atoms with Crippen molar-refractivity contribution in [2.75, 3.05) is 18.0 Å². The van der Waals surface area contributed by atoms with Gasteiger partial charge in [0.2, 0.25) is 5.91 Å². The number of anilines is 1. The fourth-order valence-corrected chi connectivity index (χ4v) is 4.64. The quantitative estimate of drug-likeness (QED) is 0.801. The molecule has 1 spiro atoms. The van der Waals surface area contributed by atoms with Crippen LogP contribution in [0.4, 0.5) is 5.69 Å². The summed E-state index contributed by atoms with van der Waals surface area (Å²) in [6.45, 7) is 4.19. The van der Waals surface area contributed by atoms with Gasteiger partial charge >= 0.3 is 0 Å². The third-order valence-electron chi connectivity index (χ3n) is 6.09. The Hall–Kier alpha value is -2.63. The van der Waals surface area contributed by atoms with Crippen molar-refractivity contribution in [1.29, 1.82) is 0 Å². The standard InChI is InChI=1S/C22H28N4O2/c1-18-7-9-19(10-8-18)25-16-3-11-22(21(25)28)12-4-17-26(22)20(27)6-2-14-24-15-5-13-23-24/h5,7-10,13,15H,2-4,6,11-12,14,16-17H2,1H3. The Morgan fingerprint density at radius 3 is 2.61 bits per heavy atom. The first-order chi connectivity index (χ1) is 13.6. The lowest BCUT2D eigenvalue weighted by atomic mass is 9.84. The molecule has 3 heterocycles. The van der Waals surface area contributed by atoms with Crippen LogP contribution in [0.5, 0.6) is 0 Å². The van der Waals surface area contributed by atoms with Gasteiger partial charge in [0.05, 0.1) is 0 Å². The van der Waals surface area contributed by atoms with Gasteiger partial charge in [-0.15, -0.1) is 0 Å². The van der Waals surface area contributed by atoms with Crippen molar-refractivity contribution in [1.82, 2.24) is 14.7 Å². The van der Waals surface area contributed by atoms with Gasteiger partial charge in [-0.3, -0.25) is 14.3 Å². The Morgan fingerprint density at radius 2 is 1.89 bits per heavy atom. The zero-order valence-corrected chi connectivity index (χ0v) is 16.5. The van der Waals surface area contributed by atoms with E-state index in [0.717, 1.165) is 50.9 Å². The highest BCUT2D eigenvalue weighted by atomic mass is 16.2. The van der Waals surface area contributed by atoms with Crippen LogP contribution in [0, 0.1) is 6.92 Å². The smallest absolute Gasteiger partial charge is 0.252 e. The molecular formula is C22H28N4O2. The summed E-state index contributed by atoms with van der Waals surface area (Å²) in [6, 6.07) is 9.99. The third-order valence-corrected chi connectivity index (χ3v) is 6.09. The van der Waals surface area contributed by atoms with Crippen LogP contribution in [0.2, 0.25) is 0 Å². The summed E-state index contributed by atoms with van der Waals surface area (Å²) in [6.07, 6.45) is 8.24. The van der Waals surface area contributed by atoms with E-state index in [-0.39, 0.29) is 11.8 Å². The molecule has 0 saturated carbocycles. The minimum absolute atomic E-state index is 0.0977. The van der Waals surface area contributed by atoms with Crippen LogP contribution in [0.3, 0.4) is 0 Å². The Morgan fingerprint density at radius 1 is 1.14 bits per heavy atom. The molecule has 2 amide bonds. The first-order valence-corrected chi connectivity index (χ1v) is 10.3. The molecule has 2 aliphatic heterocycles. The van der Waals surface area contributed by atoms with Gasteiger partial charge in [0.15, 0.2) is 0 Å². The van der Waals surface area contributed by atoms with Crippen molar-refractivity contribution < 1.29 is 9.59 Å². The number of hydrogen-bond acceptors (Lipinski definition) is 3. The molecule has 6 heteroatoms. The van der Waals surface area contributed by atoms with E-state index in [1.807, 2.05) is 57.9 Å². The van der Waals surface area contributed by atoms with Crippen LogP contribution in [0.15, 0.2) is 42.7 Å². The Labute approximate surface area is 166 Å². The molecule has 0 bridgehead atoms. The van der Waals surface area contributed by atoms with Gasteiger partial charge in [0.1, 0.15) is 5.54 Å². The number of benzene rings is 1. The van der Waals surface area contributed by atoms with Crippen molar-refractivity contribution in [3.63, 3.8) is 0 Å². The average Bonchev–Trinajstić information content (AvgIpc) is 3.35. The maximum absolute atomic E-state index is 13.5. The largest absolute Gasteiger partial charge is 0.328 e. The highest BCUT2D eigenvalue weighted by Crippen LogP contribution is 2.40. The highest BCUT2D eigenvalue weighted by molar-refractivity contribution is 6.03. The number of piperidine rings is 1. The van der Waals surface area contributed by atoms with Crippen LogP contribution in [-0.4, -0.2) is 45.1 Å². The normalized spacial score (nSPS) is 22.2. The van der Waals surface area contributed by atoms with E-state index < -0.39 is 5.54 Å². The van der Waals surface area contributed by atoms with E-state index in [1.54, 1.807) is 6.20 Å². The third kappa shape index (κ3) is 3.43. The van der Waals surface area contributed by atoms with E-state index in [0.29, 0.717) is 13.0 Å². The van der Waals surface area contributed by atoms with E-state index in [1.165, 1.54) is 5.56 Å². The Bertz CT molecular complexity index is 831. The van der Waals surface area contributed by atoms with Crippen molar-refractivity contribution >= 4 is 17.5 Å². The second-order valence-corrected chi connectivity index (χ2v) is 7.95. The summed E-state index contributed by atoms with van der Waals surface area (Å²) >= 11 is 0. The minimum Gasteiger partial charge on any atom is -0.328 e. The first-order valence-electron chi connectivity index (χ1n) is 10.3. The molecule has 1 atom stereocenters. The highest BCUT2D eigenvalue weighted by Gasteiger charge is 2.52. The molecule has 148 valence electrons. The molecule has 0 N–H and O–H groups in total. The van der Waals surface area contributed by atoms with Gasteiger partial charge in [-0.05, 0) is 57.2 Å². The fraction of sp³-hybridized carbons (Fsp3) is 0.500. The van der Waals surface area contributed by atoms with E-state index in [2.05, 4.69) is 5.10 Å². The molecule has 2 aliphatic rings. The molecule has 0 aliphatic carbocycles. The number of nitrogens with zero attached hydrogens (tertiary/aromatic N) is 4. The van der Waals surface area contributed by atoms with Gasteiger partial charge in [-0.1, -0.05) is 17.7 Å². The summed E-state index contributed by atoms with van der Waals surface area (Å²) in [5, 5.41) is 4.19. The van der Waals surface area contributed by atoms with Crippen LogP contribution >= 0.6 is 0 Å². The minimum atomic E-state index is -0.647.